The van der Waals surface area contributed by atoms with E-state index in [1.807, 2.05) is 31.2 Å². The first kappa shape index (κ1) is 21.1. The first-order valence-electron chi connectivity index (χ1n) is 9.56. The van der Waals surface area contributed by atoms with Crippen LogP contribution in [0.2, 0.25) is 5.02 Å². The molecule has 2 aromatic carbocycles. The summed E-state index contributed by atoms with van der Waals surface area (Å²) in [5.74, 6) is 1.22. The SMILES string of the molecule is Cc1cccc(-n2c(SCCC(=O)Nc3cc(C)on3)nc3cc(Cl)ccc3c2=O)c1. The van der Waals surface area contributed by atoms with Gasteiger partial charge in [0, 0.05) is 23.3 Å². The first-order valence-corrected chi connectivity index (χ1v) is 10.9. The smallest absolute Gasteiger partial charge is 0.266 e. The van der Waals surface area contributed by atoms with Crippen molar-refractivity contribution in [1.29, 1.82) is 0 Å². The van der Waals surface area contributed by atoms with Crippen LogP contribution < -0.4 is 10.9 Å². The van der Waals surface area contributed by atoms with Crippen molar-refractivity contribution in [2.24, 2.45) is 0 Å². The minimum atomic E-state index is -0.200. The molecule has 0 atom stereocenters. The number of nitrogens with zero attached hydrogens (tertiary/aromatic N) is 3. The van der Waals surface area contributed by atoms with Gasteiger partial charge >= 0.3 is 0 Å². The van der Waals surface area contributed by atoms with Crippen LogP contribution in [0.5, 0.6) is 0 Å². The number of aryl methyl sites for hydroxylation is 2. The van der Waals surface area contributed by atoms with Gasteiger partial charge in [-0.2, -0.15) is 0 Å². The standard InChI is InChI=1S/C22H19ClN4O3S/c1-13-4-3-5-16(10-13)27-21(29)17-7-6-15(23)12-18(17)24-22(27)31-9-8-20(28)25-19-11-14(2)30-26-19/h3-7,10-12H,8-9H2,1-2H3,(H,25,26,28). The van der Waals surface area contributed by atoms with Gasteiger partial charge in [0.1, 0.15) is 5.76 Å². The number of carbonyl (C=O) groups excluding carboxylic acids is 1. The van der Waals surface area contributed by atoms with Gasteiger partial charge < -0.3 is 9.84 Å². The number of nitrogens with one attached hydrogen (secondary N) is 1. The molecule has 4 aromatic rings. The van der Waals surface area contributed by atoms with E-state index < -0.39 is 0 Å². The lowest BCUT2D eigenvalue weighted by Gasteiger charge is -2.14. The maximum atomic E-state index is 13.3. The zero-order valence-corrected chi connectivity index (χ0v) is 18.5. The van der Waals surface area contributed by atoms with E-state index in [-0.39, 0.29) is 17.9 Å². The predicted octanol–water partition coefficient (Wildman–Crippen LogP) is 4.76. The quantitative estimate of drug-likeness (QED) is 0.333. The Kier molecular flexibility index (Phi) is 6.11. The van der Waals surface area contributed by atoms with E-state index in [9.17, 15) is 9.59 Å². The predicted molar refractivity (Wildman–Crippen MR) is 122 cm³/mol. The highest BCUT2D eigenvalue weighted by atomic mass is 35.5. The van der Waals surface area contributed by atoms with Crippen LogP contribution in [0.1, 0.15) is 17.7 Å². The van der Waals surface area contributed by atoms with Crippen LogP contribution in [-0.4, -0.2) is 26.4 Å². The first-order chi connectivity index (χ1) is 14.9. The molecule has 7 nitrogen and oxygen atoms in total. The molecule has 0 bridgehead atoms. The molecule has 0 unspecified atom stereocenters. The number of carbonyl (C=O) groups is 1. The van der Waals surface area contributed by atoms with Gasteiger partial charge in [-0.05, 0) is 49.7 Å². The Morgan fingerprint density at radius 1 is 1.19 bits per heavy atom. The molecule has 2 heterocycles. The Bertz CT molecular complexity index is 1330. The van der Waals surface area contributed by atoms with Crippen LogP contribution in [0, 0.1) is 13.8 Å². The molecule has 0 aliphatic carbocycles. The van der Waals surface area contributed by atoms with Crippen LogP contribution in [0.25, 0.3) is 16.6 Å². The molecule has 0 radical (unpaired) electrons. The molecule has 9 heteroatoms. The Morgan fingerprint density at radius 2 is 2.03 bits per heavy atom. The Labute approximate surface area is 187 Å². The van der Waals surface area contributed by atoms with Gasteiger partial charge in [-0.3, -0.25) is 14.2 Å². The molecule has 158 valence electrons. The van der Waals surface area contributed by atoms with Crippen LogP contribution in [0.15, 0.2) is 63.0 Å². The summed E-state index contributed by atoms with van der Waals surface area (Å²) in [6, 6.07) is 14.3. The molecule has 0 fully saturated rings. The number of amides is 1. The number of aromatic nitrogens is 3. The van der Waals surface area contributed by atoms with E-state index in [0.29, 0.717) is 38.4 Å². The van der Waals surface area contributed by atoms with Gasteiger partial charge in [0.2, 0.25) is 5.91 Å². The van der Waals surface area contributed by atoms with Crippen LogP contribution in [0.4, 0.5) is 5.82 Å². The van der Waals surface area contributed by atoms with Crippen molar-refractivity contribution < 1.29 is 9.32 Å². The number of thioether (sulfide) groups is 1. The number of benzene rings is 2. The number of hydrogen-bond acceptors (Lipinski definition) is 6. The normalized spacial score (nSPS) is 11.1. The molecule has 31 heavy (non-hydrogen) atoms. The summed E-state index contributed by atoms with van der Waals surface area (Å²) in [4.78, 5) is 30.2. The molecule has 1 amide bonds. The second kappa shape index (κ2) is 8.95. The van der Waals surface area contributed by atoms with E-state index in [2.05, 4.69) is 15.5 Å². The van der Waals surface area contributed by atoms with Crippen molar-refractivity contribution in [3.63, 3.8) is 0 Å². The number of rotatable bonds is 6. The molecule has 0 saturated heterocycles. The largest absolute Gasteiger partial charge is 0.360 e. The summed E-state index contributed by atoms with van der Waals surface area (Å²) in [5, 5.41) is 7.92. The molecule has 1 N–H and O–H groups in total. The van der Waals surface area contributed by atoms with Crippen LogP contribution in [0.3, 0.4) is 0 Å². The lowest BCUT2D eigenvalue weighted by molar-refractivity contribution is -0.115. The molecular formula is C22H19ClN4O3S. The zero-order valence-electron chi connectivity index (χ0n) is 16.9. The van der Waals surface area contributed by atoms with E-state index in [1.165, 1.54) is 11.8 Å². The van der Waals surface area contributed by atoms with Crippen molar-refractivity contribution in [3.8, 4) is 5.69 Å². The van der Waals surface area contributed by atoms with Crippen molar-refractivity contribution >= 4 is 46.0 Å². The minimum Gasteiger partial charge on any atom is -0.360 e. The monoisotopic (exact) mass is 454 g/mol. The maximum absolute atomic E-state index is 13.3. The summed E-state index contributed by atoms with van der Waals surface area (Å²) in [6.45, 7) is 3.71. The summed E-state index contributed by atoms with van der Waals surface area (Å²) in [6.07, 6.45) is 0.216. The fourth-order valence-electron chi connectivity index (χ4n) is 3.10. The molecule has 0 spiro atoms. The Hall–Kier alpha value is -3.10. The highest BCUT2D eigenvalue weighted by Gasteiger charge is 2.15. The summed E-state index contributed by atoms with van der Waals surface area (Å²) in [5.41, 5.74) is 2.09. The number of halogens is 1. The van der Waals surface area contributed by atoms with Gasteiger partial charge in [0.15, 0.2) is 11.0 Å². The molecular weight excluding hydrogens is 436 g/mol. The Morgan fingerprint density at radius 3 is 2.77 bits per heavy atom. The lowest BCUT2D eigenvalue weighted by atomic mass is 10.2. The maximum Gasteiger partial charge on any atom is 0.266 e. The average molecular weight is 455 g/mol. The van der Waals surface area contributed by atoms with E-state index >= 15 is 0 Å². The number of hydrogen-bond donors (Lipinski definition) is 1. The number of anilines is 1. The molecule has 4 rings (SSSR count). The molecule has 0 saturated carbocycles. The average Bonchev–Trinajstić information content (AvgIpc) is 3.12. The highest BCUT2D eigenvalue weighted by Crippen LogP contribution is 2.24. The Balaban J connectivity index is 1.63. The second-order valence-electron chi connectivity index (χ2n) is 7.00. The van der Waals surface area contributed by atoms with Crippen LogP contribution >= 0.6 is 23.4 Å². The van der Waals surface area contributed by atoms with Gasteiger partial charge in [-0.1, -0.05) is 40.7 Å². The summed E-state index contributed by atoms with van der Waals surface area (Å²) >= 11 is 7.43. The molecule has 2 aromatic heterocycles. The van der Waals surface area contributed by atoms with Gasteiger partial charge in [-0.15, -0.1) is 0 Å². The van der Waals surface area contributed by atoms with Crippen LogP contribution in [-0.2, 0) is 4.79 Å². The lowest BCUT2D eigenvalue weighted by Crippen LogP contribution is -2.22. The summed E-state index contributed by atoms with van der Waals surface area (Å²) in [7, 11) is 0. The third kappa shape index (κ3) is 4.81. The topological polar surface area (TPSA) is 90.0 Å². The van der Waals surface area contributed by atoms with Gasteiger partial charge in [0.25, 0.3) is 5.56 Å². The third-order valence-corrected chi connectivity index (χ3v) is 5.69. The third-order valence-electron chi connectivity index (χ3n) is 4.52. The van der Waals surface area contributed by atoms with Crippen molar-refractivity contribution in [3.05, 3.63) is 75.2 Å². The van der Waals surface area contributed by atoms with E-state index in [0.717, 1.165) is 11.3 Å². The fraction of sp³-hybridized carbons (Fsp3) is 0.182. The minimum absolute atomic E-state index is 0.183. The number of fused-ring (bicyclic) bond motifs is 1. The van der Waals surface area contributed by atoms with Gasteiger partial charge in [0.05, 0.1) is 16.6 Å². The summed E-state index contributed by atoms with van der Waals surface area (Å²) < 4.78 is 6.52. The van der Waals surface area contributed by atoms with E-state index in [4.69, 9.17) is 16.1 Å². The van der Waals surface area contributed by atoms with Crippen molar-refractivity contribution in [2.75, 3.05) is 11.1 Å². The molecule has 0 aliphatic rings. The highest BCUT2D eigenvalue weighted by molar-refractivity contribution is 7.99. The molecule has 0 aliphatic heterocycles. The second-order valence-corrected chi connectivity index (χ2v) is 8.50. The fourth-order valence-corrected chi connectivity index (χ4v) is 4.21. The van der Waals surface area contributed by atoms with Crippen molar-refractivity contribution in [2.45, 2.75) is 25.4 Å². The van der Waals surface area contributed by atoms with Crippen molar-refractivity contribution in [1.82, 2.24) is 14.7 Å². The van der Waals surface area contributed by atoms with Gasteiger partial charge in [-0.25, -0.2) is 4.98 Å². The van der Waals surface area contributed by atoms with E-state index in [1.54, 1.807) is 35.8 Å². The zero-order chi connectivity index (χ0) is 22.0.